The molecular weight excluding hydrogens is 128 g/mol. The van der Waals surface area contributed by atoms with Gasteiger partial charge in [-0.3, -0.25) is 0 Å². The molecule has 1 aliphatic heterocycles. The minimum atomic E-state index is 0.617. The normalized spacial score (nSPS) is 12.8. The van der Waals surface area contributed by atoms with E-state index in [1.807, 2.05) is 0 Å². The molecule has 10 heavy (non-hydrogen) atoms. The van der Waals surface area contributed by atoms with Gasteiger partial charge in [-0.2, -0.15) is 0 Å². The summed E-state index contributed by atoms with van der Waals surface area (Å²) in [6.07, 6.45) is 3.42. The lowest BCUT2D eigenvalue weighted by atomic mass is 10.6. The zero-order chi connectivity index (χ0) is 7.66. The first-order valence-corrected chi connectivity index (χ1v) is 3.29. The van der Waals surface area contributed by atoms with E-state index in [2.05, 4.69) is 17.9 Å². The van der Waals surface area contributed by atoms with Crippen molar-refractivity contribution >= 4 is 0 Å². The van der Waals surface area contributed by atoms with Crippen LogP contribution < -0.4 is 0 Å². The van der Waals surface area contributed by atoms with Gasteiger partial charge >= 0.3 is 0 Å². The molecule has 0 unspecified atom stereocenters. The second-order valence-electron chi connectivity index (χ2n) is 1.73. The van der Waals surface area contributed by atoms with E-state index in [4.69, 9.17) is 4.74 Å². The molecule has 0 saturated carbocycles. The molecule has 0 aromatic carbocycles. The molecule has 1 saturated heterocycles. The molecule has 0 bridgehead atoms. The molecular formula is C8H14O2. The van der Waals surface area contributed by atoms with Crippen LogP contribution >= 0.6 is 0 Å². The van der Waals surface area contributed by atoms with Crippen LogP contribution in [0.3, 0.4) is 0 Å². The van der Waals surface area contributed by atoms with Crippen LogP contribution in [0, 0.1) is 0 Å². The van der Waals surface area contributed by atoms with Crippen molar-refractivity contribution < 1.29 is 9.47 Å². The van der Waals surface area contributed by atoms with Crippen LogP contribution in [0.4, 0.5) is 0 Å². The Morgan fingerprint density at radius 3 is 1.80 bits per heavy atom. The van der Waals surface area contributed by atoms with Gasteiger partial charge in [0.15, 0.2) is 0 Å². The van der Waals surface area contributed by atoms with E-state index in [0.717, 1.165) is 13.2 Å². The van der Waals surface area contributed by atoms with Crippen LogP contribution in [0.2, 0.25) is 0 Å². The predicted molar refractivity (Wildman–Crippen MR) is 42.0 cm³/mol. The highest BCUT2D eigenvalue weighted by atomic mass is 16.6. The summed E-state index contributed by atoms with van der Waals surface area (Å²) in [4.78, 5) is 0. The zero-order valence-corrected chi connectivity index (χ0v) is 6.21. The van der Waals surface area contributed by atoms with Gasteiger partial charge in [-0.05, 0) is 0 Å². The first-order valence-electron chi connectivity index (χ1n) is 3.29. The number of ether oxygens (including phenoxy) is 2. The highest BCUT2D eigenvalue weighted by molar-refractivity contribution is 4.68. The second-order valence-corrected chi connectivity index (χ2v) is 1.73. The van der Waals surface area contributed by atoms with Crippen LogP contribution in [0.15, 0.2) is 25.3 Å². The van der Waals surface area contributed by atoms with Gasteiger partial charge in [0.2, 0.25) is 0 Å². The van der Waals surface area contributed by atoms with Crippen molar-refractivity contribution in [1.82, 2.24) is 0 Å². The molecule has 0 N–H and O–H groups in total. The van der Waals surface area contributed by atoms with Gasteiger partial charge in [-0.1, -0.05) is 12.2 Å². The summed E-state index contributed by atoms with van der Waals surface area (Å²) in [5, 5.41) is 0. The van der Waals surface area contributed by atoms with E-state index in [-0.39, 0.29) is 0 Å². The Labute approximate surface area is 62.1 Å². The Kier molecular flexibility index (Phi) is 7.90. The maximum atomic E-state index is 4.90. The van der Waals surface area contributed by atoms with Crippen LogP contribution in [-0.4, -0.2) is 26.4 Å². The smallest absolute Gasteiger partial charge is 0.0701 e. The highest BCUT2D eigenvalue weighted by Gasteiger charge is 1.94. The molecule has 0 radical (unpaired) electrons. The lowest BCUT2D eigenvalue weighted by molar-refractivity contribution is 0.194. The van der Waals surface area contributed by atoms with Crippen LogP contribution in [-0.2, 0) is 9.47 Å². The monoisotopic (exact) mass is 142 g/mol. The van der Waals surface area contributed by atoms with Gasteiger partial charge in [-0.25, -0.2) is 0 Å². The van der Waals surface area contributed by atoms with Crippen molar-refractivity contribution in [2.24, 2.45) is 0 Å². The minimum absolute atomic E-state index is 0.617. The molecule has 0 aliphatic carbocycles. The molecule has 1 heterocycles. The van der Waals surface area contributed by atoms with Crippen molar-refractivity contribution in [3.63, 3.8) is 0 Å². The van der Waals surface area contributed by atoms with Crippen molar-refractivity contribution in [2.75, 3.05) is 26.4 Å². The molecule has 0 aromatic rings. The fraction of sp³-hybridized carbons (Fsp3) is 0.500. The average Bonchev–Trinajstić information content (AvgIpc) is 2.73. The maximum absolute atomic E-state index is 4.90. The molecule has 2 nitrogen and oxygen atoms in total. The third-order valence-electron chi connectivity index (χ3n) is 0.676. The molecule has 1 rings (SSSR count). The summed E-state index contributed by atoms with van der Waals surface area (Å²) in [6.45, 7) is 10.2. The summed E-state index contributed by atoms with van der Waals surface area (Å²) in [5.41, 5.74) is 0. The summed E-state index contributed by atoms with van der Waals surface area (Å²) in [5.74, 6) is 0. The third kappa shape index (κ3) is 15.7. The summed E-state index contributed by atoms with van der Waals surface area (Å²) in [7, 11) is 0. The van der Waals surface area contributed by atoms with E-state index < -0.39 is 0 Å². The Balaban J connectivity index is 0.000000219. The molecule has 0 atom stereocenters. The fourth-order valence-corrected chi connectivity index (χ4v) is 0.235. The Bertz CT molecular complexity index is 76.5. The van der Waals surface area contributed by atoms with Gasteiger partial charge in [0.25, 0.3) is 0 Å². The first-order chi connectivity index (χ1) is 4.91. The Morgan fingerprint density at radius 1 is 1.20 bits per heavy atom. The van der Waals surface area contributed by atoms with Gasteiger partial charge in [-0.15, -0.1) is 13.2 Å². The lowest BCUT2D eigenvalue weighted by Crippen LogP contribution is -1.87. The zero-order valence-electron chi connectivity index (χ0n) is 6.21. The number of hydrogen-bond acceptors (Lipinski definition) is 2. The highest BCUT2D eigenvalue weighted by Crippen LogP contribution is 1.84. The number of hydrogen-bond donors (Lipinski definition) is 0. The van der Waals surface area contributed by atoms with Crippen molar-refractivity contribution in [2.45, 2.75) is 0 Å². The molecule has 58 valence electrons. The van der Waals surface area contributed by atoms with Gasteiger partial charge < -0.3 is 9.47 Å². The van der Waals surface area contributed by atoms with Crippen LogP contribution in [0.5, 0.6) is 0 Å². The largest absolute Gasteiger partial charge is 0.377 e. The van der Waals surface area contributed by atoms with Crippen molar-refractivity contribution in [3.05, 3.63) is 25.3 Å². The number of rotatable bonds is 4. The quantitative estimate of drug-likeness (QED) is 0.336. The summed E-state index contributed by atoms with van der Waals surface area (Å²) >= 11 is 0. The van der Waals surface area contributed by atoms with Crippen LogP contribution in [0.1, 0.15) is 0 Å². The SMILES string of the molecule is C1CO1.C=CCOCC=C. The Morgan fingerprint density at radius 2 is 1.60 bits per heavy atom. The summed E-state index contributed by atoms with van der Waals surface area (Å²) < 4.78 is 9.40. The minimum Gasteiger partial charge on any atom is -0.377 e. The Hall–Kier alpha value is -0.600. The van der Waals surface area contributed by atoms with E-state index >= 15 is 0 Å². The van der Waals surface area contributed by atoms with Gasteiger partial charge in [0.05, 0.1) is 26.4 Å². The second kappa shape index (κ2) is 8.40. The molecule has 1 fully saturated rings. The maximum Gasteiger partial charge on any atom is 0.0701 e. The molecule has 2 heteroatoms. The van der Waals surface area contributed by atoms with Gasteiger partial charge in [0.1, 0.15) is 0 Å². The predicted octanol–water partition coefficient (Wildman–Crippen LogP) is 1.39. The first kappa shape index (κ1) is 9.40. The van der Waals surface area contributed by atoms with Crippen LogP contribution in [0.25, 0.3) is 0 Å². The van der Waals surface area contributed by atoms with E-state index in [1.165, 1.54) is 0 Å². The molecule has 1 aliphatic rings. The standard InChI is InChI=1S/C6H10O.C2H4O/c1-3-5-7-6-4-2;1-2-3-1/h3-4H,1-2,5-6H2;1-2H2. The molecule has 0 amide bonds. The fourth-order valence-electron chi connectivity index (χ4n) is 0.235. The topological polar surface area (TPSA) is 21.8 Å². The van der Waals surface area contributed by atoms with E-state index in [1.54, 1.807) is 12.2 Å². The molecule has 0 spiro atoms. The van der Waals surface area contributed by atoms with Crippen molar-refractivity contribution in [1.29, 1.82) is 0 Å². The van der Waals surface area contributed by atoms with E-state index in [0.29, 0.717) is 13.2 Å². The third-order valence-corrected chi connectivity index (χ3v) is 0.676. The number of epoxide rings is 1. The summed E-state index contributed by atoms with van der Waals surface area (Å²) in [6, 6.07) is 0. The molecule has 0 aromatic heterocycles. The van der Waals surface area contributed by atoms with Gasteiger partial charge in [0, 0.05) is 0 Å². The lowest BCUT2D eigenvalue weighted by Gasteiger charge is -1.89. The van der Waals surface area contributed by atoms with Crippen molar-refractivity contribution in [3.8, 4) is 0 Å². The average molecular weight is 142 g/mol. The van der Waals surface area contributed by atoms with E-state index in [9.17, 15) is 0 Å².